The van der Waals surface area contributed by atoms with Crippen LogP contribution in [0.3, 0.4) is 0 Å². The average molecular weight is 480 g/mol. The number of nitrogens with zero attached hydrogens (tertiary/aromatic N) is 7. The normalized spacial score (nSPS) is 14.8. The third kappa shape index (κ3) is 4.13. The molecular formula is C28H29N7O. The summed E-state index contributed by atoms with van der Waals surface area (Å²) in [6.45, 7) is 7.90. The van der Waals surface area contributed by atoms with Crippen LogP contribution in [0.25, 0.3) is 27.9 Å². The molecule has 4 aromatic heterocycles. The SMILES string of the molecule is CC(C)n1ncc2c(C(=O)N3CCN(Cc4cn5ccccc5n4)CC3)cc(-c3ccccc3)nc21. The highest BCUT2D eigenvalue weighted by molar-refractivity contribution is 6.06. The summed E-state index contributed by atoms with van der Waals surface area (Å²) in [6, 6.07) is 18.1. The number of carbonyl (C=O) groups excluding carboxylic acids is 1. The molecule has 0 aliphatic carbocycles. The van der Waals surface area contributed by atoms with E-state index in [1.807, 2.05) is 74.8 Å². The van der Waals surface area contributed by atoms with Crippen LogP contribution in [0.5, 0.6) is 0 Å². The molecule has 182 valence electrons. The fraction of sp³-hybridized carbons (Fsp3) is 0.286. The van der Waals surface area contributed by atoms with Crippen LogP contribution in [0.1, 0.15) is 35.9 Å². The lowest BCUT2D eigenvalue weighted by molar-refractivity contribution is 0.0629. The Morgan fingerprint density at radius 2 is 1.75 bits per heavy atom. The van der Waals surface area contributed by atoms with Crippen LogP contribution in [0.4, 0.5) is 0 Å². The van der Waals surface area contributed by atoms with E-state index in [9.17, 15) is 4.79 Å². The molecule has 0 spiro atoms. The number of carbonyl (C=O) groups is 1. The Morgan fingerprint density at radius 1 is 0.972 bits per heavy atom. The maximum Gasteiger partial charge on any atom is 0.254 e. The Labute approximate surface area is 209 Å². The first-order valence-electron chi connectivity index (χ1n) is 12.4. The third-order valence-corrected chi connectivity index (χ3v) is 6.81. The van der Waals surface area contributed by atoms with E-state index in [2.05, 4.69) is 30.0 Å². The summed E-state index contributed by atoms with van der Waals surface area (Å²) in [5.74, 6) is 0.0373. The van der Waals surface area contributed by atoms with Gasteiger partial charge in [-0.05, 0) is 32.0 Å². The number of piperazine rings is 1. The van der Waals surface area contributed by atoms with E-state index in [0.29, 0.717) is 18.7 Å². The monoisotopic (exact) mass is 479 g/mol. The van der Waals surface area contributed by atoms with Crippen molar-refractivity contribution in [3.05, 3.63) is 84.4 Å². The number of benzene rings is 1. The molecule has 5 aromatic rings. The molecule has 0 atom stereocenters. The Morgan fingerprint density at radius 3 is 2.50 bits per heavy atom. The van der Waals surface area contributed by atoms with Crippen molar-refractivity contribution in [1.82, 2.24) is 33.9 Å². The molecule has 1 saturated heterocycles. The number of rotatable bonds is 5. The van der Waals surface area contributed by atoms with Gasteiger partial charge in [-0.25, -0.2) is 14.6 Å². The Hall–Kier alpha value is -4.04. The zero-order valence-corrected chi connectivity index (χ0v) is 20.6. The Kier molecular flexibility index (Phi) is 5.73. The van der Waals surface area contributed by atoms with Crippen molar-refractivity contribution >= 4 is 22.6 Å². The largest absolute Gasteiger partial charge is 0.336 e. The summed E-state index contributed by atoms with van der Waals surface area (Å²) in [6.07, 6.45) is 5.88. The van der Waals surface area contributed by atoms with Crippen LogP contribution < -0.4 is 0 Å². The minimum Gasteiger partial charge on any atom is -0.336 e. The molecule has 5 heterocycles. The van der Waals surface area contributed by atoms with Gasteiger partial charge < -0.3 is 9.30 Å². The van der Waals surface area contributed by atoms with Gasteiger partial charge in [-0.3, -0.25) is 9.69 Å². The van der Waals surface area contributed by atoms with Crippen molar-refractivity contribution in [2.75, 3.05) is 26.2 Å². The zero-order valence-electron chi connectivity index (χ0n) is 20.6. The fourth-order valence-electron chi connectivity index (χ4n) is 4.90. The molecule has 8 heteroatoms. The highest BCUT2D eigenvalue weighted by Crippen LogP contribution is 2.27. The van der Waals surface area contributed by atoms with E-state index in [4.69, 9.17) is 9.97 Å². The van der Waals surface area contributed by atoms with Crippen molar-refractivity contribution in [1.29, 1.82) is 0 Å². The topological polar surface area (TPSA) is 71.6 Å². The lowest BCUT2D eigenvalue weighted by atomic mass is 10.1. The van der Waals surface area contributed by atoms with Crippen LogP contribution in [0.15, 0.2) is 73.2 Å². The van der Waals surface area contributed by atoms with Gasteiger partial charge in [-0.2, -0.15) is 5.10 Å². The molecule has 0 unspecified atom stereocenters. The lowest BCUT2D eigenvalue weighted by Crippen LogP contribution is -2.48. The van der Waals surface area contributed by atoms with E-state index in [1.165, 1.54) is 0 Å². The predicted molar refractivity (Wildman–Crippen MR) is 140 cm³/mol. The molecule has 0 saturated carbocycles. The molecule has 1 fully saturated rings. The molecule has 1 aliphatic heterocycles. The van der Waals surface area contributed by atoms with Gasteiger partial charge in [0.2, 0.25) is 0 Å². The summed E-state index contributed by atoms with van der Waals surface area (Å²) in [7, 11) is 0. The highest BCUT2D eigenvalue weighted by atomic mass is 16.2. The van der Waals surface area contributed by atoms with Gasteiger partial charge in [0, 0.05) is 56.7 Å². The Bertz CT molecular complexity index is 1490. The molecule has 0 bridgehead atoms. The second-order valence-corrected chi connectivity index (χ2v) is 9.61. The maximum absolute atomic E-state index is 13.8. The summed E-state index contributed by atoms with van der Waals surface area (Å²) in [4.78, 5) is 27.7. The number of fused-ring (bicyclic) bond motifs is 2. The van der Waals surface area contributed by atoms with Crippen molar-refractivity contribution in [2.24, 2.45) is 0 Å². The first kappa shape index (κ1) is 22.4. The minimum atomic E-state index is 0.0373. The average Bonchev–Trinajstić information content (AvgIpc) is 3.52. The van der Waals surface area contributed by atoms with E-state index < -0.39 is 0 Å². The summed E-state index contributed by atoms with van der Waals surface area (Å²) in [5, 5.41) is 5.37. The number of pyridine rings is 2. The molecule has 1 aliphatic rings. The molecule has 0 N–H and O–H groups in total. The van der Waals surface area contributed by atoms with Crippen LogP contribution >= 0.6 is 0 Å². The van der Waals surface area contributed by atoms with Crippen molar-refractivity contribution < 1.29 is 4.79 Å². The van der Waals surface area contributed by atoms with Crippen LogP contribution in [0.2, 0.25) is 0 Å². The van der Waals surface area contributed by atoms with E-state index in [1.54, 1.807) is 6.20 Å². The van der Waals surface area contributed by atoms with E-state index >= 15 is 0 Å². The number of hydrogen-bond acceptors (Lipinski definition) is 5. The molecular weight excluding hydrogens is 450 g/mol. The minimum absolute atomic E-state index is 0.0373. The van der Waals surface area contributed by atoms with Crippen LogP contribution in [-0.2, 0) is 6.54 Å². The molecule has 6 rings (SSSR count). The maximum atomic E-state index is 13.8. The third-order valence-electron chi connectivity index (χ3n) is 6.81. The molecule has 1 amide bonds. The molecule has 36 heavy (non-hydrogen) atoms. The highest BCUT2D eigenvalue weighted by Gasteiger charge is 2.26. The smallest absolute Gasteiger partial charge is 0.254 e. The zero-order chi connectivity index (χ0) is 24.6. The molecule has 0 radical (unpaired) electrons. The summed E-state index contributed by atoms with van der Waals surface area (Å²) < 4.78 is 3.94. The number of aromatic nitrogens is 5. The van der Waals surface area contributed by atoms with E-state index in [0.717, 1.165) is 53.3 Å². The standard InChI is InChI=1S/C28H29N7O/c1-20(2)35-27-24(17-29-35)23(16-25(31-27)21-8-4-3-5-9-21)28(36)33-14-12-32(13-15-33)18-22-19-34-11-7-6-10-26(34)30-22/h3-11,16-17,19-20H,12-15,18H2,1-2H3. The van der Waals surface area contributed by atoms with E-state index in [-0.39, 0.29) is 11.9 Å². The van der Waals surface area contributed by atoms with Gasteiger partial charge in [-0.1, -0.05) is 36.4 Å². The fourth-order valence-corrected chi connectivity index (χ4v) is 4.90. The second-order valence-electron chi connectivity index (χ2n) is 9.61. The number of imidazole rings is 1. The van der Waals surface area contributed by atoms with Crippen LogP contribution in [-0.4, -0.2) is 66.0 Å². The van der Waals surface area contributed by atoms with Gasteiger partial charge in [0.05, 0.1) is 28.5 Å². The van der Waals surface area contributed by atoms with Gasteiger partial charge in [0.15, 0.2) is 5.65 Å². The quantitative estimate of drug-likeness (QED) is 0.376. The van der Waals surface area contributed by atoms with Crippen molar-refractivity contribution in [3.63, 3.8) is 0 Å². The first-order valence-corrected chi connectivity index (χ1v) is 12.4. The van der Waals surface area contributed by atoms with Crippen molar-refractivity contribution in [2.45, 2.75) is 26.4 Å². The molecule has 8 nitrogen and oxygen atoms in total. The van der Waals surface area contributed by atoms with Gasteiger partial charge in [-0.15, -0.1) is 0 Å². The first-order chi connectivity index (χ1) is 17.6. The Balaban J connectivity index is 1.24. The van der Waals surface area contributed by atoms with Gasteiger partial charge >= 0.3 is 0 Å². The van der Waals surface area contributed by atoms with Gasteiger partial charge in [0.25, 0.3) is 5.91 Å². The lowest BCUT2D eigenvalue weighted by Gasteiger charge is -2.34. The van der Waals surface area contributed by atoms with Crippen molar-refractivity contribution in [3.8, 4) is 11.3 Å². The van der Waals surface area contributed by atoms with Crippen LogP contribution in [0, 0.1) is 0 Å². The number of amides is 1. The second kappa shape index (κ2) is 9.20. The summed E-state index contributed by atoms with van der Waals surface area (Å²) >= 11 is 0. The summed E-state index contributed by atoms with van der Waals surface area (Å²) in [5.41, 5.74) is 5.20. The predicted octanol–water partition coefficient (Wildman–Crippen LogP) is 4.28. The van der Waals surface area contributed by atoms with Gasteiger partial charge in [0.1, 0.15) is 5.65 Å². The molecule has 1 aromatic carbocycles. The number of hydrogen-bond donors (Lipinski definition) is 0.